The van der Waals surface area contributed by atoms with E-state index in [-0.39, 0.29) is 6.54 Å². The second kappa shape index (κ2) is 4.89. The summed E-state index contributed by atoms with van der Waals surface area (Å²) in [6.45, 7) is 2.17. The van der Waals surface area contributed by atoms with Crippen LogP contribution in [0.3, 0.4) is 0 Å². The summed E-state index contributed by atoms with van der Waals surface area (Å²) in [5, 5.41) is 2.08. The molecule has 0 aliphatic rings. The second-order valence-corrected chi connectivity index (χ2v) is 4.03. The summed E-state index contributed by atoms with van der Waals surface area (Å²) < 4.78 is 37.3. The summed E-state index contributed by atoms with van der Waals surface area (Å²) in [7, 11) is 0. The summed E-state index contributed by atoms with van der Waals surface area (Å²) in [4.78, 5) is 19.1. The molecule has 8 heteroatoms. The van der Waals surface area contributed by atoms with Gasteiger partial charge < -0.3 is 11.1 Å². The Bertz CT molecular complexity index is 428. The van der Waals surface area contributed by atoms with Crippen LogP contribution >= 0.6 is 0 Å². The predicted octanol–water partition coefficient (Wildman–Crippen LogP) is 0.681. The Morgan fingerprint density at radius 3 is 2.44 bits per heavy atom. The molecule has 0 fully saturated rings. The van der Waals surface area contributed by atoms with E-state index in [1.807, 2.05) is 0 Å². The summed E-state index contributed by atoms with van der Waals surface area (Å²) >= 11 is 0. The molecule has 5 nitrogen and oxygen atoms in total. The van der Waals surface area contributed by atoms with Gasteiger partial charge in [-0.3, -0.25) is 14.8 Å². The number of hydrogen-bond acceptors (Lipinski definition) is 4. The van der Waals surface area contributed by atoms with E-state index in [9.17, 15) is 18.0 Å². The van der Waals surface area contributed by atoms with Crippen molar-refractivity contribution in [1.29, 1.82) is 0 Å². The first-order valence-corrected chi connectivity index (χ1v) is 5.06. The monoisotopic (exact) mass is 262 g/mol. The average Bonchev–Trinajstić information content (AvgIpc) is 2.26. The summed E-state index contributed by atoms with van der Waals surface area (Å²) in [5.41, 5.74) is 3.05. The van der Waals surface area contributed by atoms with Crippen LogP contribution in [0.1, 0.15) is 18.3 Å². The smallest absolute Gasteiger partial charge is 0.348 e. The molecule has 1 heterocycles. The van der Waals surface area contributed by atoms with E-state index >= 15 is 0 Å². The van der Waals surface area contributed by atoms with Crippen molar-refractivity contribution in [2.24, 2.45) is 5.73 Å². The van der Waals surface area contributed by atoms with Crippen LogP contribution in [-0.4, -0.2) is 27.6 Å². The van der Waals surface area contributed by atoms with Gasteiger partial charge in [-0.25, -0.2) is 0 Å². The Labute approximate surface area is 102 Å². The standard InChI is InChI=1S/C10H13F3N4O/c1-6-3-16-7(4-15-6)5-17-8(18)9(2,14)10(11,12)13/h3-4H,5,14H2,1-2H3,(H,17,18). The molecule has 0 saturated carbocycles. The highest BCUT2D eigenvalue weighted by Crippen LogP contribution is 2.27. The van der Waals surface area contributed by atoms with Crippen LogP contribution in [-0.2, 0) is 11.3 Å². The Kier molecular flexibility index (Phi) is 3.90. The highest BCUT2D eigenvalue weighted by molar-refractivity contribution is 5.86. The highest BCUT2D eigenvalue weighted by Gasteiger charge is 2.53. The molecule has 0 bridgehead atoms. The number of aromatic nitrogens is 2. The molecule has 1 aromatic rings. The predicted molar refractivity (Wildman–Crippen MR) is 57.3 cm³/mol. The van der Waals surface area contributed by atoms with Crippen molar-refractivity contribution in [2.75, 3.05) is 0 Å². The molecule has 0 aliphatic heterocycles. The number of halogens is 3. The topological polar surface area (TPSA) is 80.9 Å². The number of alkyl halides is 3. The molecule has 1 amide bonds. The van der Waals surface area contributed by atoms with E-state index in [0.717, 1.165) is 0 Å². The molecule has 1 atom stereocenters. The van der Waals surface area contributed by atoms with Gasteiger partial charge in [0, 0.05) is 6.20 Å². The van der Waals surface area contributed by atoms with Crippen LogP contribution in [0, 0.1) is 6.92 Å². The summed E-state index contributed by atoms with van der Waals surface area (Å²) in [6.07, 6.45) is -1.99. The van der Waals surface area contributed by atoms with Gasteiger partial charge in [-0.1, -0.05) is 0 Å². The van der Waals surface area contributed by atoms with Gasteiger partial charge in [-0.15, -0.1) is 0 Å². The fourth-order valence-electron chi connectivity index (χ4n) is 0.994. The number of rotatable bonds is 3. The van der Waals surface area contributed by atoms with Gasteiger partial charge >= 0.3 is 6.18 Å². The SMILES string of the molecule is Cc1cnc(CNC(=O)C(C)(N)C(F)(F)F)cn1. The number of carbonyl (C=O) groups excluding carboxylic acids is 1. The van der Waals surface area contributed by atoms with Crippen LogP contribution in [0.15, 0.2) is 12.4 Å². The third kappa shape index (κ3) is 3.16. The lowest BCUT2D eigenvalue weighted by atomic mass is 10.0. The van der Waals surface area contributed by atoms with Gasteiger partial charge in [-0.05, 0) is 13.8 Å². The van der Waals surface area contributed by atoms with E-state index in [2.05, 4.69) is 15.3 Å². The van der Waals surface area contributed by atoms with Crippen molar-refractivity contribution in [3.8, 4) is 0 Å². The zero-order valence-corrected chi connectivity index (χ0v) is 9.88. The average molecular weight is 262 g/mol. The Balaban J connectivity index is 2.64. The lowest BCUT2D eigenvalue weighted by molar-refractivity contribution is -0.187. The first kappa shape index (κ1) is 14.4. The maximum absolute atomic E-state index is 12.4. The number of nitrogens with one attached hydrogen (secondary N) is 1. The molecule has 0 aromatic carbocycles. The molecule has 0 aliphatic carbocycles. The molecule has 0 spiro atoms. The van der Waals surface area contributed by atoms with Crippen LogP contribution in [0.5, 0.6) is 0 Å². The van der Waals surface area contributed by atoms with E-state index in [1.54, 1.807) is 6.92 Å². The molecule has 18 heavy (non-hydrogen) atoms. The largest absolute Gasteiger partial charge is 0.415 e. The van der Waals surface area contributed by atoms with Gasteiger partial charge in [0.05, 0.1) is 24.1 Å². The Morgan fingerprint density at radius 1 is 1.39 bits per heavy atom. The maximum Gasteiger partial charge on any atom is 0.415 e. The molecular formula is C10H13F3N4O. The van der Waals surface area contributed by atoms with Crippen molar-refractivity contribution in [2.45, 2.75) is 32.1 Å². The lowest BCUT2D eigenvalue weighted by Gasteiger charge is -2.25. The lowest BCUT2D eigenvalue weighted by Crippen LogP contribution is -2.61. The third-order valence-electron chi connectivity index (χ3n) is 2.33. The molecule has 3 N–H and O–H groups in total. The zero-order chi connectivity index (χ0) is 14.0. The van der Waals surface area contributed by atoms with E-state index in [0.29, 0.717) is 18.3 Å². The zero-order valence-electron chi connectivity index (χ0n) is 9.88. The Hall–Kier alpha value is -1.70. The second-order valence-electron chi connectivity index (χ2n) is 4.03. The van der Waals surface area contributed by atoms with Crippen LogP contribution in [0.25, 0.3) is 0 Å². The van der Waals surface area contributed by atoms with Crippen LogP contribution in [0.4, 0.5) is 13.2 Å². The van der Waals surface area contributed by atoms with Gasteiger partial charge in [-0.2, -0.15) is 13.2 Å². The maximum atomic E-state index is 12.4. The third-order valence-corrected chi connectivity index (χ3v) is 2.33. The van der Waals surface area contributed by atoms with Crippen molar-refractivity contribution < 1.29 is 18.0 Å². The quantitative estimate of drug-likeness (QED) is 0.839. The van der Waals surface area contributed by atoms with Gasteiger partial charge in [0.15, 0.2) is 5.54 Å². The van der Waals surface area contributed by atoms with E-state index in [4.69, 9.17) is 5.73 Å². The number of aryl methyl sites for hydroxylation is 1. The number of amides is 1. The first-order chi connectivity index (χ1) is 8.14. The van der Waals surface area contributed by atoms with E-state index in [1.165, 1.54) is 12.4 Å². The van der Waals surface area contributed by atoms with Gasteiger partial charge in [0.2, 0.25) is 5.91 Å². The van der Waals surface area contributed by atoms with Crippen molar-refractivity contribution in [1.82, 2.24) is 15.3 Å². The summed E-state index contributed by atoms with van der Waals surface area (Å²) in [5.74, 6) is -1.31. The minimum atomic E-state index is -4.81. The molecular weight excluding hydrogens is 249 g/mol. The fourth-order valence-corrected chi connectivity index (χ4v) is 0.994. The normalized spacial score (nSPS) is 15.0. The highest BCUT2D eigenvalue weighted by atomic mass is 19.4. The van der Waals surface area contributed by atoms with Crippen LogP contribution in [0.2, 0.25) is 0 Å². The van der Waals surface area contributed by atoms with Crippen molar-refractivity contribution in [3.63, 3.8) is 0 Å². The molecule has 1 aromatic heterocycles. The summed E-state index contributed by atoms with van der Waals surface area (Å²) in [6, 6.07) is 0. The molecule has 100 valence electrons. The van der Waals surface area contributed by atoms with Gasteiger partial charge in [0.25, 0.3) is 0 Å². The number of carbonyl (C=O) groups is 1. The first-order valence-electron chi connectivity index (χ1n) is 5.06. The van der Waals surface area contributed by atoms with Crippen molar-refractivity contribution >= 4 is 5.91 Å². The molecule has 0 saturated heterocycles. The molecule has 1 unspecified atom stereocenters. The minimum Gasteiger partial charge on any atom is -0.348 e. The van der Waals surface area contributed by atoms with Crippen LogP contribution < -0.4 is 11.1 Å². The molecule has 0 radical (unpaired) electrons. The number of nitrogens with zero attached hydrogens (tertiary/aromatic N) is 2. The van der Waals surface area contributed by atoms with Gasteiger partial charge in [0.1, 0.15) is 0 Å². The minimum absolute atomic E-state index is 0.158. The molecule has 1 rings (SSSR count). The number of hydrogen-bond donors (Lipinski definition) is 2. The number of nitrogens with two attached hydrogens (primary N) is 1. The van der Waals surface area contributed by atoms with E-state index < -0.39 is 17.6 Å². The fraction of sp³-hybridized carbons (Fsp3) is 0.500. The Morgan fingerprint density at radius 2 is 2.00 bits per heavy atom. The van der Waals surface area contributed by atoms with Crippen molar-refractivity contribution in [3.05, 3.63) is 23.8 Å².